The maximum Gasteiger partial charge on any atom is 0.343 e. The number of carbonyl (C=O) groups excluding carboxylic acids is 2. The summed E-state index contributed by atoms with van der Waals surface area (Å²) in [7, 11) is 1.55. The van der Waals surface area contributed by atoms with Crippen LogP contribution in [0.4, 0.5) is 0 Å². The van der Waals surface area contributed by atoms with Crippen LogP contribution in [0.25, 0.3) is 0 Å². The average molecular weight is 489 g/mol. The SMILES string of the molecule is CCCCCCCc1ccc(C(=O)Oc2ccc(/C=N/NC(=O)c3ccc(OC)cc3)c(O)c2)cc1. The molecule has 2 N–H and O–H groups in total. The van der Waals surface area contributed by atoms with Gasteiger partial charge in [-0.05, 0) is 66.9 Å². The number of phenols is 1. The standard InChI is InChI=1S/C29H32N2O5/c1-3-4-5-6-7-8-21-9-11-23(12-10-21)29(34)36-26-18-15-24(27(32)19-26)20-30-31-28(33)22-13-16-25(35-2)17-14-22/h9-20,32H,3-8H2,1-2H3,(H,31,33)/b30-20+. The molecular weight excluding hydrogens is 456 g/mol. The van der Waals surface area contributed by atoms with Crippen LogP contribution in [-0.4, -0.2) is 30.3 Å². The Kier molecular flexibility index (Phi) is 10.1. The number of carbonyl (C=O) groups is 2. The summed E-state index contributed by atoms with van der Waals surface area (Å²) in [5, 5.41) is 14.2. The molecule has 1 amide bonds. The van der Waals surface area contributed by atoms with Crippen molar-refractivity contribution in [1.82, 2.24) is 5.43 Å². The number of aryl methyl sites for hydroxylation is 1. The number of hydrazone groups is 1. The Morgan fingerprint density at radius 1 is 0.889 bits per heavy atom. The van der Waals surface area contributed by atoms with E-state index in [1.165, 1.54) is 43.5 Å². The van der Waals surface area contributed by atoms with E-state index in [1.54, 1.807) is 55.6 Å². The first-order valence-corrected chi connectivity index (χ1v) is 12.1. The number of amides is 1. The predicted molar refractivity (Wildman–Crippen MR) is 140 cm³/mol. The summed E-state index contributed by atoms with van der Waals surface area (Å²) in [5.41, 5.74) is 4.81. The first kappa shape index (κ1) is 26.5. The normalized spacial score (nSPS) is 10.8. The Balaban J connectivity index is 1.51. The van der Waals surface area contributed by atoms with Gasteiger partial charge in [0, 0.05) is 17.2 Å². The zero-order valence-electron chi connectivity index (χ0n) is 20.7. The summed E-state index contributed by atoms with van der Waals surface area (Å²) in [6.45, 7) is 2.20. The van der Waals surface area contributed by atoms with Crippen LogP contribution < -0.4 is 14.9 Å². The van der Waals surface area contributed by atoms with E-state index in [0.29, 0.717) is 22.4 Å². The lowest BCUT2D eigenvalue weighted by Crippen LogP contribution is -2.17. The highest BCUT2D eigenvalue weighted by Gasteiger charge is 2.11. The van der Waals surface area contributed by atoms with Crippen LogP contribution in [0.2, 0.25) is 0 Å². The van der Waals surface area contributed by atoms with E-state index in [1.807, 2.05) is 12.1 Å². The third-order valence-electron chi connectivity index (χ3n) is 5.69. The number of nitrogens with one attached hydrogen (secondary N) is 1. The second kappa shape index (κ2) is 13.7. The minimum Gasteiger partial charge on any atom is -0.507 e. The zero-order valence-corrected chi connectivity index (χ0v) is 20.7. The lowest BCUT2D eigenvalue weighted by Gasteiger charge is -2.07. The molecule has 0 aliphatic heterocycles. The van der Waals surface area contributed by atoms with Gasteiger partial charge in [-0.15, -0.1) is 0 Å². The maximum absolute atomic E-state index is 12.5. The number of aromatic hydroxyl groups is 1. The molecule has 0 radical (unpaired) electrons. The fourth-order valence-corrected chi connectivity index (χ4v) is 3.57. The van der Waals surface area contributed by atoms with Gasteiger partial charge in [0.15, 0.2) is 0 Å². The first-order valence-electron chi connectivity index (χ1n) is 12.1. The molecule has 3 aromatic rings. The lowest BCUT2D eigenvalue weighted by molar-refractivity contribution is 0.0734. The van der Waals surface area contributed by atoms with Crippen LogP contribution in [0, 0.1) is 0 Å². The van der Waals surface area contributed by atoms with Crippen LogP contribution >= 0.6 is 0 Å². The van der Waals surface area contributed by atoms with Gasteiger partial charge in [-0.1, -0.05) is 44.7 Å². The number of phenolic OH excluding ortho intramolecular Hbond substituents is 1. The van der Waals surface area contributed by atoms with Gasteiger partial charge in [0.25, 0.3) is 5.91 Å². The molecule has 0 fully saturated rings. The molecule has 188 valence electrons. The van der Waals surface area contributed by atoms with Crippen molar-refractivity contribution in [2.75, 3.05) is 7.11 Å². The number of ether oxygens (including phenoxy) is 2. The van der Waals surface area contributed by atoms with E-state index in [0.717, 1.165) is 12.8 Å². The Labute approximate surface area is 211 Å². The van der Waals surface area contributed by atoms with Gasteiger partial charge in [-0.25, -0.2) is 10.2 Å². The Hall–Kier alpha value is -4.13. The molecule has 7 nitrogen and oxygen atoms in total. The first-order chi connectivity index (χ1) is 17.5. The summed E-state index contributed by atoms with van der Waals surface area (Å²) in [4.78, 5) is 24.6. The van der Waals surface area contributed by atoms with Crippen molar-refractivity contribution in [3.63, 3.8) is 0 Å². The van der Waals surface area contributed by atoms with Crippen LogP contribution in [0.3, 0.4) is 0 Å². The maximum atomic E-state index is 12.5. The topological polar surface area (TPSA) is 97.2 Å². The summed E-state index contributed by atoms with van der Waals surface area (Å²) in [6, 6.07) is 18.4. The molecule has 0 atom stereocenters. The second-order valence-corrected chi connectivity index (χ2v) is 8.40. The minimum atomic E-state index is -0.503. The molecule has 3 aromatic carbocycles. The zero-order chi connectivity index (χ0) is 25.8. The molecule has 0 unspecified atom stereocenters. The van der Waals surface area contributed by atoms with E-state index in [2.05, 4.69) is 17.5 Å². The molecule has 0 spiro atoms. The quantitative estimate of drug-likeness (QED) is 0.109. The van der Waals surface area contributed by atoms with Crippen molar-refractivity contribution >= 4 is 18.1 Å². The molecule has 0 saturated carbocycles. The molecule has 0 bridgehead atoms. The number of hydrogen-bond acceptors (Lipinski definition) is 6. The molecule has 0 aliphatic carbocycles. The highest BCUT2D eigenvalue weighted by Crippen LogP contribution is 2.23. The monoisotopic (exact) mass is 488 g/mol. The summed E-state index contributed by atoms with van der Waals surface area (Å²) < 4.78 is 10.5. The molecule has 36 heavy (non-hydrogen) atoms. The summed E-state index contributed by atoms with van der Waals surface area (Å²) >= 11 is 0. The molecule has 0 aliphatic rings. The smallest absolute Gasteiger partial charge is 0.343 e. The highest BCUT2D eigenvalue weighted by atomic mass is 16.5. The Bertz CT molecular complexity index is 1170. The van der Waals surface area contributed by atoms with Gasteiger partial charge in [0.1, 0.15) is 17.2 Å². The van der Waals surface area contributed by atoms with E-state index >= 15 is 0 Å². The lowest BCUT2D eigenvalue weighted by atomic mass is 10.0. The van der Waals surface area contributed by atoms with E-state index < -0.39 is 11.9 Å². The molecule has 3 rings (SSSR count). The summed E-state index contributed by atoms with van der Waals surface area (Å²) in [5.74, 6) is -0.192. The Morgan fingerprint density at radius 3 is 2.22 bits per heavy atom. The van der Waals surface area contributed by atoms with Crippen LogP contribution in [-0.2, 0) is 6.42 Å². The molecule has 0 aromatic heterocycles. The van der Waals surface area contributed by atoms with Crippen LogP contribution in [0.1, 0.15) is 70.9 Å². The predicted octanol–water partition coefficient (Wildman–Crippen LogP) is 5.90. The number of benzene rings is 3. The second-order valence-electron chi connectivity index (χ2n) is 8.40. The van der Waals surface area contributed by atoms with E-state index in [4.69, 9.17) is 9.47 Å². The largest absolute Gasteiger partial charge is 0.507 e. The highest BCUT2D eigenvalue weighted by molar-refractivity contribution is 5.95. The van der Waals surface area contributed by atoms with Crippen LogP contribution in [0.5, 0.6) is 17.2 Å². The third-order valence-corrected chi connectivity index (χ3v) is 5.69. The van der Waals surface area contributed by atoms with Crippen molar-refractivity contribution in [1.29, 1.82) is 0 Å². The number of esters is 1. The van der Waals surface area contributed by atoms with Crippen molar-refractivity contribution in [3.05, 3.63) is 89.0 Å². The van der Waals surface area contributed by atoms with Crippen molar-refractivity contribution in [2.24, 2.45) is 5.10 Å². The average Bonchev–Trinajstić information content (AvgIpc) is 2.90. The van der Waals surface area contributed by atoms with Crippen molar-refractivity contribution in [2.45, 2.75) is 45.4 Å². The number of rotatable bonds is 12. The molecule has 7 heteroatoms. The van der Waals surface area contributed by atoms with Crippen LogP contribution in [0.15, 0.2) is 71.8 Å². The van der Waals surface area contributed by atoms with Gasteiger partial charge in [0.05, 0.1) is 18.9 Å². The van der Waals surface area contributed by atoms with Gasteiger partial charge in [-0.3, -0.25) is 4.79 Å². The molecule has 0 heterocycles. The fourth-order valence-electron chi connectivity index (χ4n) is 3.57. The van der Waals surface area contributed by atoms with Crippen molar-refractivity contribution < 1.29 is 24.2 Å². The van der Waals surface area contributed by atoms with Gasteiger partial charge in [-0.2, -0.15) is 5.10 Å². The number of unbranched alkanes of at least 4 members (excludes halogenated alkanes) is 4. The fraction of sp³-hybridized carbons (Fsp3) is 0.276. The van der Waals surface area contributed by atoms with E-state index in [-0.39, 0.29) is 11.5 Å². The minimum absolute atomic E-state index is 0.138. The Morgan fingerprint density at radius 2 is 1.56 bits per heavy atom. The number of nitrogens with zero attached hydrogens (tertiary/aromatic N) is 1. The van der Waals surface area contributed by atoms with Crippen molar-refractivity contribution in [3.8, 4) is 17.2 Å². The van der Waals surface area contributed by atoms with Gasteiger partial charge in [0.2, 0.25) is 0 Å². The number of hydrogen-bond donors (Lipinski definition) is 2. The van der Waals surface area contributed by atoms with Gasteiger partial charge < -0.3 is 14.6 Å². The third kappa shape index (κ3) is 7.98. The van der Waals surface area contributed by atoms with E-state index in [9.17, 15) is 14.7 Å². The molecular formula is C29H32N2O5. The molecule has 0 saturated heterocycles. The van der Waals surface area contributed by atoms with Gasteiger partial charge >= 0.3 is 5.97 Å². The summed E-state index contributed by atoms with van der Waals surface area (Å²) in [6.07, 6.45) is 8.43. The number of methoxy groups -OCH3 is 1.